The third kappa shape index (κ3) is 4.55. The number of hydrogen-bond acceptors (Lipinski definition) is 3. The van der Waals surface area contributed by atoms with Crippen LogP contribution in [0.15, 0.2) is 71.7 Å². The Kier molecular flexibility index (Phi) is 5.72. The number of rotatable bonds is 6. The predicted octanol–water partition coefficient (Wildman–Crippen LogP) is 4.43. The van der Waals surface area contributed by atoms with Gasteiger partial charge in [0, 0.05) is 4.47 Å². The molecule has 0 saturated heterocycles. The Hall–Kier alpha value is -1.91. The summed E-state index contributed by atoms with van der Waals surface area (Å²) in [6, 6.07) is 16.6. The molecule has 1 N–H and O–H groups in total. The highest BCUT2D eigenvalue weighted by Gasteiger charge is 2.13. The Morgan fingerprint density at radius 1 is 1.24 bits per heavy atom. The summed E-state index contributed by atoms with van der Waals surface area (Å²) in [7, 11) is 0. The second-order valence-corrected chi connectivity index (χ2v) is 5.42. The van der Waals surface area contributed by atoms with Crippen molar-refractivity contribution >= 4 is 21.9 Å². The van der Waals surface area contributed by atoms with Crippen LogP contribution in [0.4, 0.5) is 0 Å². The number of nitrogens with one attached hydrogen (secondary N) is 1. The van der Waals surface area contributed by atoms with E-state index in [1.807, 2.05) is 30.3 Å². The first-order valence-electron chi connectivity index (χ1n) is 6.59. The van der Waals surface area contributed by atoms with Crippen LogP contribution in [-0.4, -0.2) is 5.97 Å². The molecule has 21 heavy (non-hydrogen) atoms. The van der Waals surface area contributed by atoms with Gasteiger partial charge in [-0.05, 0) is 36.2 Å². The fourth-order valence-corrected chi connectivity index (χ4v) is 2.32. The summed E-state index contributed by atoms with van der Waals surface area (Å²) in [6.07, 6.45) is 2.44. The molecular weight excluding hydrogens is 330 g/mol. The molecule has 0 radical (unpaired) electrons. The average Bonchev–Trinajstić information content (AvgIpc) is 2.52. The molecule has 0 aliphatic heterocycles. The zero-order valence-corrected chi connectivity index (χ0v) is 13.0. The average molecular weight is 346 g/mol. The van der Waals surface area contributed by atoms with Crippen molar-refractivity contribution in [3.05, 3.63) is 82.9 Å². The highest BCUT2D eigenvalue weighted by atomic mass is 79.9. The van der Waals surface area contributed by atoms with Gasteiger partial charge in [-0.15, -0.1) is 12.1 Å². The topological polar surface area (TPSA) is 38.3 Å². The van der Waals surface area contributed by atoms with Gasteiger partial charge in [-0.1, -0.05) is 52.3 Å². The molecule has 4 heteroatoms. The summed E-state index contributed by atoms with van der Waals surface area (Å²) in [4.78, 5) is 17.1. The van der Waals surface area contributed by atoms with E-state index in [4.69, 9.17) is 4.84 Å². The zero-order valence-electron chi connectivity index (χ0n) is 11.5. The summed E-state index contributed by atoms with van der Waals surface area (Å²) >= 11 is 3.44. The van der Waals surface area contributed by atoms with Gasteiger partial charge >= 0.3 is 5.97 Å². The lowest BCUT2D eigenvalue weighted by Gasteiger charge is -2.17. The SMILES string of the molecule is C=CC[C@H](NOC(=O)c1ccccc1)c1cccc(Br)c1. The molecule has 0 amide bonds. The van der Waals surface area contributed by atoms with Crippen molar-refractivity contribution in [3.63, 3.8) is 0 Å². The molecule has 1 atom stereocenters. The molecule has 0 spiro atoms. The van der Waals surface area contributed by atoms with Gasteiger partial charge in [0.05, 0.1) is 11.6 Å². The molecule has 0 fully saturated rings. The van der Waals surface area contributed by atoms with Crippen molar-refractivity contribution < 1.29 is 9.63 Å². The minimum Gasteiger partial charge on any atom is -0.366 e. The molecule has 2 aromatic carbocycles. The zero-order chi connectivity index (χ0) is 15.1. The number of hydroxylamine groups is 1. The van der Waals surface area contributed by atoms with Crippen molar-refractivity contribution in [2.75, 3.05) is 0 Å². The second-order valence-electron chi connectivity index (χ2n) is 4.51. The lowest BCUT2D eigenvalue weighted by Crippen LogP contribution is -2.25. The normalized spacial score (nSPS) is 11.7. The Morgan fingerprint density at radius 3 is 2.67 bits per heavy atom. The fraction of sp³-hybridized carbons (Fsp3) is 0.118. The molecule has 0 aliphatic rings. The first-order valence-corrected chi connectivity index (χ1v) is 7.38. The number of benzene rings is 2. The maximum Gasteiger partial charge on any atom is 0.356 e. The van der Waals surface area contributed by atoms with Gasteiger partial charge < -0.3 is 4.84 Å². The van der Waals surface area contributed by atoms with E-state index in [2.05, 4.69) is 28.0 Å². The van der Waals surface area contributed by atoms with Crippen LogP contribution in [0.3, 0.4) is 0 Å². The molecule has 0 aromatic heterocycles. The molecule has 108 valence electrons. The molecule has 2 aromatic rings. The van der Waals surface area contributed by atoms with Crippen LogP contribution >= 0.6 is 15.9 Å². The van der Waals surface area contributed by atoms with Crippen LogP contribution in [0.1, 0.15) is 28.4 Å². The summed E-state index contributed by atoms with van der Waals surface area (Å²) in [5.74, 6) is -0.403. The van der Waals surface area contributed by atoms with Crippen molar-refractivity contribution in [3.8, 4) is 0 Å². The molecule has 0 unspecified atom stereocenters. The van der Waals surface area contributed by atoms with E-state index in [1.54, 1.807) is 30.3 Å². The predicted molar refractivity (Wildman–Crippen MR) is 86.7 cm³/mol. The van der Waals surface area contributed by atoms with Crippen molar-refractivity contribution in [2.24, 2.45) is 0 Å². The van der Waals surface area contributed by atoms with E-state index in [0.29, 0.717) is 12.0 Å². The standard InChI is InChI=1S/C17H16BrNO2/c1-2-7-16(14-10-6-11-15(18)12-14)19-21-17(20)13-8-4-3-5-9-13/h2-6,8-12,16,19H,1,7H2/t16-/m0/s1. The minimum absolute atomic E-state index is 0.132. The van der Waals surface area contributed by atoms with Crippen LogP contribution in [-0.2, 0) is 4.84 Å². The van der Waals surface area contributed by atoms with E-state index >= 15 is 0 Å². The molecule has 0 saturated carbocycles. The van der Waals surface area contributed by atoms with Gasteiger partial charge in [0.15, 0.2) is 0 Å². The monoisotopic (exact) mass is 345 g/mol. The maximum atomic E-state index is 11.9. The van der Waals surface area contributed by atoms with Crippen molar-refractivity contribution in [1.29, 1.82) is 0 Å². The van der Waals surface area contributed by atoms with Gasteiger partial charge in [-0.3, -0.25) is 0 Å². The van der Waals surface area contributed by atoms with Gasteiger partial charge in [-0.2, -0.15) is 0 Å². The van der Waals surface area contributed by atoms with Crippen LogP contribution in [0, 0.1) is 0 Å². The molecule has 0 aliphatic carbocycles. The van der Waals surface area contributed by atoms with E-state index in [9.17, 15) is 4.79 Å². The fourth-order valence-electron chi connectivity index (χ4n) is 1.90. The summed E-state index contributed by atoms with van der Waals surface area (Å²) in [5, 5.41) is 0. The Balaban J connectivity index is 2.04. The first kappa shape index (κ1) is 15.5. The molecule has 2 rings (SSSR count). The van der Waals surface area contributed by atoms with Crippen LogP contribution in [0.2, 0.25) is 0 Å². The quantitative estimate of drug-likeness (QED) is 0.621. The largest absolute Gasteiger partial charge is 0.366 e. The Morgan fingerprint density at radius 2 is 2.00 bits per heavy atom. The van der Waals surface area contributed by atoms with Crippen LogP contribution < -0.4 is 5.48 Å². The van der Waals surface area contributed by atoms with Gasteiger partial charge in [0.2, 0.25) is 0 Å². The Labute approximate surface area is 132 Å². The van der Waals surface area contributed by atoms with E-state index in [1.165, 1.54) is 0 Å². The van der Waals surface area contributed by atoms with E-state index < -0.39 is 5.97 Å². The van der Waals surface area contributed by atoms with Gasteiger partial charge in [-0.25, -0.2) is 4.79 Å². The smallest absolute Gasteiger partial charge is 0.356 e. The summed E-state index contributed by atoms with van der Waals surface area (Å²) in [5.41, 5.74) is 4.35. The molecular formula is C17H16BrNO2. The summed E-state index contributed by atoms with van der Waals surface area (Å²) < 4.78 is 0.977. The number of hydrogen-bond donors (Lipinski definition) is 1. The van der Waals surface area contributed by atoms with Gasteiger partial charge in [0.25, 0.3) is 0 Å². The van der Waals surface area contributed by atoms with Crippen molar-refractivity contribution in [1.82, 2.24) is 5.48 Å². The van der Waals surface area contributed by atoms with E-state index in [0.717, 1.165) is 10.0 Å². The van der Waals surface area contributed by atoms with Crippen LogP contribution in [0.25, 0.3) is 0 Å². The number of carbonyl (C=O) groups is 1. The minimum atomic E-state index is -0.403. The molecule has 3 nitrogen and oxygen atoms in total. The van der Waals surface area contributed by atoms with Crippen LogP contribution in [0.5, 0.6) is 0 Å². The van der Waals surface area contributed by atoms with Gasteiger partial charge in [0.1, 0.15) is 0 Å². The highest BCUT2D eigenvalue weighted by molar-refractivity contribution is 9.10. The lowest BCUT2D eigenvalue weighted by atomic mass is 10.1. The lowest BCUT2D eigenvalue weighted by molar-refractivity contribution is 0.0154. The summed E-state index contributed by atoms with van der Waals surface area (Å²) in [6.45, 7) is 3.74. The second kappa shape index (κ2) is 7.76. The molecule has 0 bridgehead atoms. The number of carbonyl (C=O) groups excluding carboxylic acids is 1. The third-order valence-electron chi connectivity index (χ3n) is 2.96. The maximum absolute atomic E-state index is 11.9. The first-order chi connectivity index (χ1) is 10.2. The van der Waals surface area contributed by atoms with E-state index in [-0.39, 0.29) is 6.04 Å². The molecule has 0 heterocycles. The highest BCUT2D eigenvalue weighted by Crippen LogP contribution is 2.21. The van der Waals surface area contributed by atoms with Crippen molar-refractivity contribution in [2.45, 2.75) is 12.5 Å². The Bertz CT molecular complexity index is 613. The third-order valence-corrected chi connectivity index (χ3v) is 3.45. The number of halogens is 1.